The van der Waals surface area contributed by atoms with Gasteiger partial charge in [-0.2, -0.15) is 4.31 Å². The molecule has 8 heteroatoms. The van der Waals surface area contributed by atoms with Crippen LogP contribution in [0.25, 0.3) is 0 Å². The third-order valence-electron chi connectivity index (χ3n) is 5.83. The number of hydrogen-bond acceptors (Lipinski definition) is 5. The van der Waals surface area contributed by atoms with Crippen LogP contribution < -0.4 is 14.4 Å². The maximum atomic E-state index is 13.4. The molecule has 160 valence electrons. The van der Waals surface area contributed by atoms with Crippen LogP contribution in [0.1, 0.15) is 37.3 Å². The largest absolute Gasteiger partial charge is 0.497 e. The fraction of sp³-hybridized carbons (Fsp3) is 0.409. The van der Waals surface area contributed by atoms with E-state index in [1.165, 1.54) is 0 Å². The highest BCUT2D eigenvalue weighted by Crippen LogP contribution is 2.41. The first-order chi connectivity index (χ1) is 14.5. The minimum atomic E-state index is -3.69. The summed E-state index contributed by atoms with van der Waals surface area (Å²) in [6.45, 7) is 1.13. The van der Waals surface area contributed by atoms with Gasteiger partial charge in [0.05, 0.1) is 25.2 Å². The van der Waals surface area contributed by atoms with Crippen molar-refractivity contribution < 1.29 is 22.7 Å². The summed E-state index contributed by atoms with van der Waals surface area (Å²) < 4.78 is 39.2. The van der Waals surface area contributed by atoms with Crippen molar-refractivity contribution in [1.29, 1.82) is 0 Å². The van der Waals surface area contributed by atoms with E-state index in [1.807, 2.05) is 12.1 Å². The Kier molecular flexibility index (Phi) is 5.71. The summed E-state index contributed by atoms with van der Waals surface area (Å²) in [5.74, 6) is 1.36. The SMILES string of the molecule is COc1ccc(C2CCCN2S(=O)(=O)c2ccc(N3CCCC3=O)cc2)c(OC)c1. The van der Waals surface area contributed by atoms with Crippen molar-refractivity contribution in [3.05, 3.63) is 48.0 Å². The van der Waals surface area contributed by atoms with Crippen molar-refractivity contribution in [1.82, 2.24) is 4.31 Å². The Morgan fingerprint density at radius 3 is 2.37 bits per heavy atom. The maximum absolute atomic E-state index is 13.4. The predicted molar refractivity (Wildman–Crippen MR) is 113 cm³/mol. The first-order valence-electron chi connectivity index (χ1n) is 10.1. The minimum Gasteiger partial charge on any atom is -0.497 e. The Balaban J connectivity index is 1.63. The monoisotopic (exact) mass is 430 g/mol. The smallest absolute Gasteiger partial charge is 0.243 e. The van der Waals surface area contributed by atoms with Gasteiger partial charge in [-0.05, 0) is 49.6 Å². The van der Waals surface area contributed by atoms with Gasteiger partial charge in [0, 0.05) is 36.8 Å². The highest BCUT2D eigenvalue weighted by Gasteiger charge is 2.37. The first-order valence-corrected chi connectivity index (χ1v) is 11.5. The van der Waals surface area contributed by atoms with Crippen LogP contribution in [0.5, 0.6) is 11.5 Å². The number of nitrogens with zero attached hydrogens (tertiary/aromatic N) is 2. The van der Waals surface area contributed by atoms with E-state index in [0.29, 0.717) is 31.0 Å². The molecule has 2 fully saturated rings. The summed E-state index contributed by atoms with van der Waals surface area (Å²) in [7, 11) is -0.530. The second-order valence-electron chi connectivity index (χ2n) is 7.52. The van der Waals surface area contributed by atoms with Gasteiger partial charge in [-0.25, -0.2) is 8.42 Å². The van der Waals surface area contributed by atoms with Crippen LogP contribution in [0, 0.1) is 0 Å². The zero-order valence-corrected chi connectivity index (χ0v) is 18.0. The lowest BCUT2D eigenvalue weighted by molar-refractivity contribution is -0.117. The number of amides is 1. The number of rotatable bonds is 6. The molecule has 1 unspecified atom stereocenters. The average molecular weight is 431 g/mol. The predicted octanol–water partition coefficient (Wildman–Crippen LogP) is 3.36. The molecule has 2 aliphatic heterocycles. The molecule has 2 heterocycles. The van der Waals surface area contributed by atoms with E-state index in [9.17, 15) is 13.2 Å². The van der Waals surface area contributed by atoms with E-state index in [1.54, 1.807) is 53.8 Å². The van der Waals surface area contributed by atoms with Crippen molar-refractivity contribution in [2.75, 3.05) is 32.2 Å². The summed E-state index contributed by atoms with van der Waals surface area (Å²) in [6.07, 6.45) is 2.87. The second kappa shape index (κ2) is 8.28. The molecule has 0 aromatic heterocycles. The highest BCUT2D eigenvalue weighted by atomic mass is 32.2. The molecule has 1 atom stereocenters. The maximum Gasteiger partial charge on any atom is 0.243 e. The van der Waals surface area contributed by atoms with Gasteiger partial charge >= 0.3 is 0 Å². The van der Waals surface area contributed by atoms with Gasteiger partial charge in [-0.1, -0.05) is 6.07 Å². The molecule has 0 N–H and O–H groups in total. The molecule has 0 saturated carbocycles. The van der Waals surface area contributed by atoms with Gasteiger partial charge in [-0.3, -0.25) is 4.79 Å². The molecule has 4 rings (SSSR count). The molecule has 1 amide bonds. The molecule has 0 spiro atoms. The second-order valence-corrected chi connectivity index (χ2v) is 9.42. The van der Waals surface area contributed by atoms with Crippen LogP contribution in [0.2, 0.25) is 0 Å². The fourth-order valence-corrected chi connectivity index (χ4v) is 5.96. The number of ether oxygens (including phenoxy) is 2. The standard InChI is InChI=1S/C22H26N2O5S/c1-28-17-9-12-19(21(15-17)29-2)20-5-3-14-24(20)30(26,27)18-10-7-16(8-11-18)23-13-4-6-22(23)25/h7-12,15,20H,3-6,13-14H2,1-2H3. The number of hydrogen-bond donors (Lipinski definition) is 0. The van der Waals surface area contributed by atoms with Gasteiger partial charge in [0.15, 0.2) is 0 Å². The Hall–Kier alpha value is -2.58. The highest BCUT2D eigenvalue weighted by molar-refractivity contribution is 7.89. The molecular formula is C22H26N2O5S. The Labute approximate surface area is 177 Å². The van der Waals surface area contributed by atoms with E-state index in [4.69, 9.17) is 9.47 Å². The lowest BCUT2D eigenvalue weighted by atomic mass is 10.0. The summed E-state index contributed by atoms with van der Waals surface area (Å²) in [5.41, 5.74) is 1.57. The molecule has 0 radical (unpaired) electrons. The third-order valence-corrected chi connectivity index (χ3v) is 7.75. The molecule has 2 aromatic rings. The molecule has 2 aliphatic rings. The molecule has 0 aliphatic carbocycles. The van der Waals surface area contributed by atoms with Crippen molar-refractivity contribution in [3.63, 3.8) is 0 Å². The summed E-state index contributed by atoms with van der Waals surface area (Å²) in [6, 6.07) is 11.8. The minimum absolute atomic E-state index is 0.0804. The van der Waals surface area contributed by atoms with Gasteiger partial charge in [-0.15, -0.1) is 0 Å². The molecule has 30 heavy (non-hydrogen) atoms. The van der Waals surface area contributed by atoms with Crippen LogP contribution in [-0.4, -0.2) is 45.9 Å². The Morgan fingerprint density at radius 2 is 1.73 bits per heavy atom. The molecule has 0 bridgehead atoms. The van der Waals surface area contributed by atoms with Gasteiger partial charge in [0.25, 0.3) is 0 Å². The van der Waals surface area contributed by atoms with Crippen LogP contribution >= 0.6 is 0 Å². The zero-order chi connectivity index (χ0) is 21.3. The van der Waals surface area contributed by atoms with E-state index < -0.39 is 10.0 Å². The summed E-state index contributed by atoms with van der Waals surface area (Å²) in [4.78, 5) is 13.9. The average Bonchev–Trinajstić information content (AvgIpc) is 3.43. The topological polar surface area (TPSA) is 76.2 Å². The Bertz CT molecular complexity index is 1040. The third kappa shape index (κ3) is 3.65. The first kappa shape index (κ1) is 20.7. The van der Waals surface area contributed by atoms with Crippen molar-refractivity contribution in [3.8, 4) is 11.5 Å². The summed E-state index contributed by atoms with van der Waals surface area (Å²) in [5, 5.41) is 0. The number of carbonyl (C=O) groups is 1. The van der Waals surface area contributed by atoms with E-state index >= 15 is 0 Å². The number of carbonyl (C=O) groups excluding carboxylic acids is 1. The van der Waals surface area contributed by atoms with Crippen molar-refractivity contribution in [2.45, 2.75) is 36.6 Å². The van der Waals surface area contributed by atoms with Crippen molar-refractivity contribution >= 4 is 21.6 Å². The zero-order valence-electron chi connectivity index (χ0n) is 17.2. The molecule has 2 aromatic carbocycles. The van der Waals surface area contributed by atoms with Crippen LogP contribution in [-0.2, 0) is 14.8 Å². The lowest BCUT2D eigenvalue weighted by Gasteiger charge is -2.26. The quantitative estimate of drug-likeness (QED) is 0.702. The van der Waals surface area contributed by atoms with Crippen LogP contribution in [0.15, 0.2) is 47.4 Å². The molecule has 2 saturated heterocycles. The fourth-order valence-electron chi connectivity index (χ4n) is 4.29. The molecule has 7 nitrogen and oxygen atoms in total. The van der Waals surface area contributed by atoms with Gasteiger partial charge in [0.2, 0.25) is 15.9 Å². The number of sulfonamides is 1. The number of methoxy groups -OCH3 is 2. The normalized spacial score (nSPS) is 20.0. The van der Waals surface area contributed by atoms with E-state index in [-0.39, 0.29) is 16.8 Å². The van der Waals surface area contributed by atoms with Crippen LogP contribution in [0.4, 0.5) is 5.69 Å². The van der Waals surface area contributed by atoms with E-state index in [2.05, 4.69) is 0 Å². The number of anilines is 1. The lowest BCUT2D eigenvalue weighted by Crippen LogP contribution is -2.31. The Morgan fingerprint density at radius 1 is 0.967 bits per heavy atom. The van der Waals surface area contributed by atoms with Gasteiger partial charge < -0.3 is 14.4 Å². The van der Waals surface area contributed by atoms with E-state index in [0.717, 1.165) is 30.5 Å². The molecular weight excluding hydrogens is 404 g/mol. The summed E-state index contributed by atoms with van der Waals surface area (Å²) >= 11 is 0. The number of benzene rings is 2. The van der Waals surface area contributed by atoms with Crippen LogP contribution in [0.3, 0.4) is 0 Å². The van der Waals surface area contributed by atoms with Crippen molar-refractivity contribution in [2.24, 2.45) is 0 Å². The van der Waals surface area contributed by atoms with Gasteiger partial charge in [0.1, 0.15) is 11.5 Å².